The van der Waals surface area contributed by atoms with Crippen LogP contribution in [0.15, 0.2) is 23.2 Å². The summed E-state index contributed by atoms with van der Waals surface area (Å²) in [6, 6.07) is 6.63. The van der Waals surface area contributed by atoms with Gasteiger partial charge in [0, 0.05) is 38.4 Å². The number of hydrogen-bond acceptors (Lipinski definition) is 6. The van der Waals surface area contributed by atoms with E-state index in [9.17, 15) is 0 Å². The number of hydrogen-bond donors (Lipinski definition) is 2. The number of rotatable bonds is 8. The van der Waals surface area contributed by atoms with Gasteiger partial charge in [0.15, 0.2) is 11.8 Å². The van der Waals surface area contributed by atoms with E-state index in [1.807, 2.05) is 43.3 Å². The van der Waals surface area contributed by atoms with Crippen LogP contribution < -0.4 is 15.5 Å². The Balaban J connectivity index is 0.00000341. The van der Waals surface area contributed by atoms with Gasteiger partial charge in [-0.05, 0) is 57.3 Å². The van der Waals surface area contributed by atoms with Gasteiger partial charge in [-0.15, -0.1) is 34.2 Å². The Morgan fingerprint density at radius 3 is 2.65 bits per heavy atom. The average Bonchev–Trinajstić information content (AvgIpc) is 3.07. The Labute approximate surface area is 207 Å². The maximum atomic E-state index is 4.79. The molecule has 0 radical (unpaired) electrons. The SMILES string of the molecule is CSCCCNC(=NCc1nnc(C)n1C)NC1CCN(c2cccc(C)n2)CC1.I. The van der Waals surface area contributed by atoms with Crippen molar-refractivity contribution in [1.82, 2.24) is 30.4 Å². The van der Waals surface area contributed by atoms with E-state index in [1.165, 1.54) is 0 Å². The highest BCUT2D eigenvalue weighted by Crippen LogP contribution is 2.18. The number of piperidine rings is 1. The van der Waals surface area contributed by atoms with Crippen molar-refractivity contribution >= 4 is 47.5 Å². The third-order valence-electron chi connectivity index (χ3n) is 5.41. The monoisotopic (exact) mass is 558 g/mol. The van der Waals surface area contributed by atoms with E-state index in [0.29, 0.717) is 12.6 Å². The highest BCUT2D eigenvalue weighted by Gasteiger charge is 2.21. The standard InChI is InChI=1S/C21H34N8S.HI/c1-16-7-5-8-19(24-16)29-12-9-18(10-13-29)25-21(22-11-6-14-30-4)23-15-20-27-26-17(2)28(20)3;/h5,7-8,18H,6,9-15H2,1-4H3,(H2,22,23,25);1H. The molecule has 1 aliphatic heterocycles. The summed E-state index contributed by atoms with van der Waals surface area (Å²) in [7, 11) is 1.98. The van der Waals surface area contributed by atoms with E-state index in [2.05, 4.69) is 49.1 Å². The van der Waals surface area contributed by atoms with Crippen LogP contribution in [0.1, 0.15) is 36.6 Å². The van der Waals surface area contributed by atoms with Gasteiger partial charge in [-0.25, -0.2) is 9.98 Å². The summed E-state index contributed by atoms with van der Waals surface area (Å²) in [5.41, 5.74) is 1.07. The molecule has 3 heterocycles. The third-order valence-corrected chi connectivity index (χ3v) is 6.11. The van der Waals surface area contributed by atoms with Crippen molar-refractivity contribution in [2.24, 2.45) is 12.0 Å². The van der Waals surface area contributed by atoms with Crippen LogP contribution in [0.3, 0.4) is 0 Å². The van der Waals surface area contributed by atoms with Gasteiger partial charge in [-0.1, -0.05) is 6.07 Å². The largest absolute Gasteiger partial charge is 0.356 e. The minimum atomic E-state index is 0. The second-order valence-electron chi connectivity index (χ2n) is 7.70. The fourth-order valence-electron chi connectivity index (χ4n) is 3.47. The molecule has 2 aromatic heterocycles. The average molecular weight is 559 g/mol. The number of pyridine rings is 1. The van der Waals surface area contributed by atoms with Crippen LogP contribution in [0.5, 0.6) is 0 Å². The van der Waals surface area contributed by atoms with Crippen molar-refractivity contribution < 1.29 is 0 Å². The molecule has 8 nitrogen and oxygen atoms in total. The normalized spacial score (nSPS) is 15.0. The Morgan fingerprint density at radius 1 is 1.23 bits per heavy atom. The molecule has 0 aromatic carbocycles. The first-order valence-electron chi connectivity index (χ1n) is 10.6. The van der Waals surface area contributed by atoms with Gasteiger partial charge in [0.1, 0.15) is 18.2 Å². The highest BCUT2D eigenvalue weighted by atomic mass is 127. The van der Waals surface area contributed by atoms with Gasteiger partial charge < -0.3 is 20.1 Å². The maximum Gasteiger partial charge on any atom is 0.191 e. The third kappa shape index (κ3) is 7.81. The summed E-state index contributed by atoms with van der Waals surface area (Å²) >= 11 is 1.87. The lowest BCUT2D eigenvalue weighted by Gasteiger charge is -2.34. The molecule has 2 N–H and O–H groups in total. The molecular formula is C21H35IN8S. The molecule has 1 aliphatic rings. The lowest BCUT2D eigenvalue weighted by Crippen LogP contribution is -2.49. The molecule has 31 heavy (non-hydrogen) atoms. The molecule has 0 spiro atoms. The second kappa shape index (κ2) is 13.1. The van der Waals surface area contributed by atoms with Crippen LogP contribution in [-0.4, -0.2) is 63.4 Å². The summed E-state index contributed by atoms with van der Waals surface area (Å²) in [5, 5.41) is 15.5. The molecule has 0 atom stereocenters. The number of aliphatic imine (C=N–C) groups is 1. The summed E-state index contributed by atoms with van der Waals surface area (Å²) in [6.07, 6.45) is 5.37. The number of aromatic nitrogens is 4. The molecule has 10 heteroatoms. The van der Waals surface area contributed by atoms with Crippen LogP contribution in [0, 0.1) is 13.8 Å². The second-order valence-corrected chi connectivity index (χ2v) is 8.69. The lowest BCUT2D eigenvalue weighted by atomic mass is 10.1. The number of guanidine groups is 1. The first-order valence-corrected chi connectivity index (χ1v) is 12.0. The number of nitrogens with one attached hydrogen (secondary N) is 2. The minimum absolute atomic E-state index is 0. The molecule has 1 saturated heterocycles. The number of anilines is 1. The minimum Gasteiger partial charge on any atom is -0.356 e. The Kier molecular flexibility index (Phi) is 10.9. The summed E-state index contributed by atoms with van der Waals surface area (Å²) in [6.45, 7) is 7.42. The summed E-state index contributed by atoms with van der Waals surface area (Å²) in [4.78, 5) is 11.8. The van der Waals surface area contributed by atoms with Gasteiger partial charge in [0.05, 0.1) is 0 Å². The number of aryl methyl sites for hydroxylation is 2. The molecule has 0 saturated carbocycles. The summed E-state index contributed by atoms with van der Waals surface area (Å²) in [5.74, 6) is 4.86. The van der Waals surface area contributed by atoms with Crippen molar-refractivity contribution in [3.8, 4) is 0 Å². The van der Waals surface area contributed by atoms with E-state index < -0.39 is 0 Å². The predicted molar refractivity (Wildman–Crippen MR) is 141 cm³/mol. The van der Waals surface area contributed by atoms with E-state index in [-0.39, 0.29) is 24.0 Å². The van der Waals surface area contributed by atoms with Gasteiger partial charge in [-0.2, -0.15) is 11.8 Å². The fraction of sp³-hybridized carbons (Fsp3) is 0.619. The zero-order chi connectivity index (χ0) is 21.3. The van der Waals surface area contributed by atoms with Crippen LogP contribution in [0.25, 0.3) is 0 Å². The number of nitrogens with zero attached hydrogens (tertiary/aromatic N) is 6. The van der Waals surface area contributed by atoms with Crippen molar-refractivity contribution in [1.29, 1.82) is 0 Å². The zero-order valence-corrected chi connectivity index (χ0v) is 22.1. The first kappa shape index (κ1) is 25.7. The highest BCUT2D eigenvalue weighted by molar-refractivity contribution is 14.0. The number of thioether (sulfide) groups is 1. The molecule has 0 amide bonds. The molecule has 3 rings (SSSR count). The van der Waals surface area contributed by atoms with Crippen molar-refractivity contribution in [2.75, 3.05) is 36.5 Å². The molecule has 1 fully saturated rings. The van der Waals surface area contributed by atoms with E-state index in [4.69, 9.17) is 4.99 Å². The van der Waals surface area contributed by atoms with Crippen molar-refractivity contribution in [3.05, 3.63) is 35.5 Å². The molecular weight excluding hydrogens is 523 g/mol. The quantitative estimate of drug-likeness (QED) is 0.223. The smallest absolute Gasteiger partial charge is 0.191 e. The fourth-order valence-corrected chi connectivity index (χ4v) is 3.90. The van der Waals surface area contributed by atoms with Crippen LogP contribution in [0.4, 0.5) is 5.82 Å². The lowest BCUT2D eigenvalue weighted by molar-refractivity contribution is 0.459. The molecule has 0 aliphatic carbocycles. The van der Waals surface area contributed by atoms with Gasteiger partial charge >= 0.3 is 0 Å². The molecule has 172 valence electrons. The molecule has 0 bridgehead atoms. The van der Waals surface area contributed by atoms with Gasteiger partial charge in [-0.3, -0.25) is 0 Å². The van der Waals surface area contributed by atoms with E-state index >= 15 is 0 Å². The van der Waals surface area contributed by atoms with Crippen LogP contribution in [0.2, 0.25) is 0 Å². The van der Waals surface area contributed by atoms with Gasteiger partial charge in [0.2, 0.25) is 0 Å². The summed E-state index contributed by atoms with van der Waals surface area (Å²) < 4.78 is 1.99. The van der Waals surface area contributed by atoms with Crippen LogP contribution >= 0.6 is 35.7 Å². The Hall–Kier alpha value is -1.56. The number of halogens is 1. The first-order chi connectivity index (χ1) is 14.6. The van der Waals surface area contributed by atoms with Crippen molar-refractivity contribution in [2.45, 2.75) is 45.7 Å². The zero-order valence-electron chi connectivity index (χ0n) is 19.0. The molecule has 2 aromatic rings. The maximum absolute atomic E-state index is 4.79. The Bertz CT molecular complexity index is 833. The molecule has 0 unspecified atom stereocenters. The topological polar surface area (TPSA) is 83.3 Å². The Morgan fingerprint density at radius 2 is 2.00 bits per heavy atom. The van der Waals surface area contributed by atoms with Gasteiger partial charge in [0.25, 0.3) is 0 Å². The predicted octanol–water partition coefficient (Wildman–Crippen LogP) is 2.90. The van der Waals surface area contributed by atoms with Crippen LogP contribution in [-0.2, 0) is 13.6 Å². The van der Waals surface area contributed by atoms with E-state index in [0.717, 1.165) is 73.8 Å². The van der Waals surface area contributed by atoms with E-state index in [1.54, 1.807) is 0 Å². The van der Waals surface area contributed by atoms with Crippen molar-refractivity contribution in [3.63, 3.8) is 0 Å².